The van der Waals surface area contributed by atoms with E-state index in [0.717, 1.165) is 49.9 Å². The second kappa shape index (κ2) is 12.1. The Balaban J connectivity index is 0.860. The molecule has 0 aromatic heterocycles. The first-order valence-electron chi connectivity index (χ1n) is 18.6. The lowest BCUT2D eigenvalue weighted by Crippen LogP contribution is -2.76. The molecule has 1 saturated heterocycles. The average molecular weight is 676 g/mol. The highest BCUT2D eigenvalue weighted by Gasteiger charge is 2.73. The van der Waals surface area contributed by atoms with Gasteiger partial charge in [0.2, 0.25) is 0 Å². The van der Waals surface area contributed by atoms with E-state index in [1.54, 1.807) is 6.07 Å². The van der Waals surface area contributed by atoms with Crippen LogP contribution in [0.3, 0.4) is 0 Å². The van der Waals surface area contributed by atoms with Gasteiger partial charge in [-0.15, -0.1) is 0 Å². The van der Waals surface area contributed by atoms with Gasteiger partial charge >= 0.3 is 11.9 Å². The van der Waals surface area contributed by atoms with Crippen LogP contribution >= 0.6 is 0 Å². The molecular weight excluding hydrogens is 630 g/mol. The number of hydrogen-bond donors (Lipinski definition) is 1. The van der Waals surface area contributed by atoms with E-state index in [1.807, 2.05) is 18.2 Å². The van der Waals surface area contributed by atoms with E-state index < -0.39 is 29.1 Å². The Bertz CT molecular complexity index is 1770. The number of hydrogen-bond acceptors (Lipinski definition) is 8. The molecule has 260 valence electrons. The molecule has 0 radical (unpaired) electrons. The van der Waals surface area contributed by atoms with E-state index in [1.165, 1.54) is 24.0 Å². The number of rotatable bonds is 9. The number of Topliss-reactive ketones (excluding diaryl/α,β-unsaturated/α-hetero) is 1. The summed E-state index contributed by atoms with van der Waals surface area (Å²) in [7, 11) is 0. The molecular formula is C42H45NO7. The fourth-order valence-electron chi connectivity index (χ4n) is 10.4. The Kier molecular flexibility index (Phi) is 7.70. The lowest BCUT2D eigenvalue weighted by molar-refractivity contribution is -0.188. The summed E-state index contributed by atoms with van der Waals surface area (Å²) in [4.78, 5) is 42.0. The van der Waals surface area contributed by atoms with Crippen LogP contribution in [0.4, 0.5) is 0 Å². The fourth-order valence-corrected chi connectivity index (χ4v) is 10.4. The lowest BCUT2D eigenvalue weighted by Gasteiger charge is -2.62. The molecule has 4 fully saturated rings. The standard InChI is InChI=1S/C42H45NO7/c44-32-19-22-42(47)34-25-28-13-14-33(38-37(28)41(42,39(32)50-38)23-24-43(34)26-27-11-12-27)49-36(46)16-15-35(45)48-31-17-20-40(21-18-31,29-7-3-1-4-8-29)30-9-5-2-6-10-30/h1-10,13-14,27,31,34,39,47H,11-12,15-26H2/t34-,39+,41+,42-/m0/s1. The van der Waals surface area contributed by atoms with E-state index in [4.69, 9.17) is 14.2 Å². The second-order valence-corrected chi connectivity index (χ2v) is 15.7. The molecule has 6 aliphatic rings. The molecule has 8 nitrogen and oxygen atoms in total. The predicted octanol–water partition coefficient (Wildman–Crippen LogP) is 5.98. The van der Waals surface area contributed by atoms with Crippen LogP contribution in [0.25, 0.3) is 0 Å². The number of likely N-dealkylation sites (tertiary alicyclic amines) is 1. The summed E-state index contributed by atoms with van der Waals surface area (Å²) in [6.45, 7) is 1.80. The van der Waals surface area contributed by atoms with Crippen molar-refractivity contribution in [3.05, 3.63) is 95.1 Å². The quantitative estimate of drug-likeness (QED) is 0.219. The van der Waals surface area contributed by atoms with Crippen LogP contribution in [-0.2, 0) is 36.4 Å². The van der Waals surface area contributed by atoms with Crippen LogP contribution in [-0.4, -0.2) is 64.7 Å². The third-order valence-electron chi connectivity index (χ3n) is 13.0. The van der Waals surface area contributed by atoms with Gasteiger partial charge in [-0.2, -0.15) is 0 Å². The maximum absolute atomic E-state index is 13.4. The predicted molar refractivity (Wildman–Crippen MR) is 185 cm³/mol. The van der Waals surface area contributed by atoms with Gasteiger partial charge in [0.05, 0.1) is 23.9 Å². The van der Waals surface area contributed by atoms with Gasteiger partial charge in [-0.3, -0.25) is 19.3 Å². The Hall–Kier alpha value is -4.01. The molecule has 50 heavy (non-hydrogen) atoms. The first-order chi connectivity index (χ1) is 24.3. The van der Waals surface area contributed by atoms with Gasteiger partial charge in [-0.05, 0) is 93.0 Å². The summed E-state index contributed by atoms with van der Waals surface area (Å²) in [5, 5.41) is 12.5. The Morgan fingerprint density at radius 1 is 0.840 bits per heavy atom. The summed E-state index contributed by atoms with van der Waals surface area (Å²) in [6.07, 6.45) is 6.50. The molecule has 3 aromatic carbocycles. The van der Waals surface area contributed by atoms with Gasteiger partial charge in [0, 0.05) is 30.0 Å². The third kappa shape index (κ3) is 4.96. The molecule has 0 amide bonds. The Morgan fingerprint density at radius 2 is 1.52 bits per heavy atom. The Morgan fingerprint density at radius 3 is 2.20 bits per heavy atom. The molecule has 1 N–H and O–H groups in total. The largest absolute Gasteiger partial charge is 0.477 e. The second-order valence-electron chi connectivity index (χ2n) is 15.7. The van der Waals surface area contributed by atoms with Crippen molar-refractivity contribution in [1.82, 2.24) is 4.90 Å². The van der Waals surface area contributed by atoms with Crippen molar-refractivity contribution in [3.63, 3.8) is 0 Å². The molecule has 2 heterocycles. The summed E-state index contributed by atoms with van der Waals surface area (Å²) < 4.78 is 18.2. The number of esters is 2. The molecule has 3 aromatic rings. The summed E-state index contributed by atoms with van der Waals surface area (Å²) in [5.74, 6) is 0.403. The third-order valence-corrected chi connectivity index (χ3v) is 13.0. The van der Waals surface area contributed by atoms with Crippen molar-refractivity contribution in [2.45, 2.75) is 112 Å². The summed E-state index contributed by atoms with van der Waals surface area (Å²) >= 11 is 0. The highest BCUT2D eigenvalue weighted by Crippen LogP contribution is 2.65. The minimum atomic E-state index is -1.08. The van der Waals surface area contributed by atoms with E-state index in [9.17, 15) is 19.5 Å². The van der Waals surface area contributed by atoms with E-state index in [0.29, 0.717) is 30.9 Å². The van der Waals surface area contributed by atoms with E-state index in [-0.39, 0.29) is 48.4 Å². The van der Waals surface area contributed by atoms with Crippen LogP contribution in [0.15, 0.2) is 72.8 Å². The number of ether oxygens (including phenoxy) is 3. The van der Waals surface area contributed by atoms with Crippen molar-refractivity contribution < 1.29 is 33.7 Å². The first kappa shape index (κ1) is 31.9. The van der Waals surface area contributed by atoms with Gasteiger partial charge in [0.25, 0.3) is 0 Å². The summed E-state index contributed by atoms with van der Waals surface area (Å²) in [6, 6.07) is 24.8. The van der Waals surface area contributed by atoms with Crippen molar-refractivity contribution in [2.24, 2.45) is 5.92 Å². The minimum Gasteiger partial charge on any atom is -0.477 e. The van der Waals surface area contributed by atoms with Crippen LogP contribution in [0, 0.1) is 5.92 Å². The molecule has 9 rings (SSSR count). The van der Waals surface area contributed by atoms with Gasteiger partial charge in [0.15, 0.2) is 23.4 Å². The fraction of sp³-hybridized carbons (Fsp3) is 0.500. The topological polar surface area (TPSA) is 102 Å². The minimum absolute atomic E-state index is 0.000584. The molecule has 3 saturated carbocycles. The van der Waals surface area contributed by atoms with Gasteiger partial charge in [0.1, 0.15) is 6.10 Å². The number of nitrogens with zero attached hydrogens (tertiary/aromatic N) is 1. The number of ketones is 1. The molecule has 1 spiro atoms. The van der Waals surface area contributed by atoms with Crippen LogP contribution in [0.2, 0.25) is 0 Å². The zero-order chi connectivity index (χ0) is 34.1. The molecule has 4 aliphatic carbocycles. The number of benzene rings is 3. The first-order valence-corrected chi connectivity index (χ1v) is 18.6. The smallest absolute Gasteiger partial charge is 0.311 e. The monoisotopic (exact) mass is 675 g/mol. The maximum Gasteiger partial charge on any atom is 0.311 e. The number of aliphatic hydroxyl groups is 1. The van der Waals surface area contributed by atoms with E-state index >= 15 is 0 Å². The SMILES string of the molecule is O=C(CCC(=O)OC1CCC(c2ccccc2)(c2ccccc2)CC1)Oc1ccc2c3c1O[C@@H]1C(=O)CC[C@]4(O)[C@H](C2)N(CC2CC2)CC[C@@]314. The van der Waals surface area contributed by atoms with Crippen molar-refractivity contribution in [1.29, 1.82) is 0 Å². The van der Waals surface area contributed by atoms with Gasteiger partial charge < -0.3 is 19.3 Å². The van der Waals surface area contributed by atoms with Gasteiger partial charge in [-0.1, -0.05) is 66.7 Å². The van der Waals surface area contributed by atoms with Crippen LogP contribution in [0.5, 0.6) is 11.5 Å². The molecule has 4 atom stereocenters. The van der Waals surface area contributed by atoms with Crippen LogP contribution < -0.4 is 9.47 Å². The van der Waals surface area contributed by atoms with E-state index in [2.05, 4.69) is 53.4 Å². The zero-order valence-corrected chi connectivity index (χ0v) is 28.5. The van der Waals surface area contributed by atoms with Crippen molar-refractivity contribution >= 4 is 17.7 Å². The van der Waals surface area contributed by atoms with Crippen molar-refractivity contribution in [3.8, 4) is 11.5 Å². The molecule has 2 bridgehead atoms. The molecule has 2 aliphatic heterocycles. The highest BCUT2D eigenvalue weighted by molar-refractivity contribution is 5.90. The summed E-state index contributed by atoms with van der Waals surface area (Å²) in [5.41, 5.74) is 2.43. The van der Waals surface area contributed by atoms with Crippen molar-refractivity contribution in [2.75, 3.05) is 13.1 Å². The number of piperidine rings is 1. The highest BCUT2D eigenvalue weighted by atomic mass is 16.6. The zero-order valence-electron chi connectivity index (χ0n) is 28.5. The van der Waals surface area contributed by atoms with Crippen LogP contribution in [0.1, 0.15) is 92.9 Å². The molecule has 0 unspecified atom stereocenters. The maximum atomic E-state index is 13.4. The lowest BCUT2D eigenvalue weighted by atomic mass is 9.49. The van der Waals surface area contributed by atoms with Gasteiger partial charge in [-0.25, -0.2) is 0 Å². The normalized spacial score (nSPS) is 29.5. The number of carbonyl (C=O) groups excluding carboxylic acids is 3. The Labute approximate surface area is 293 Å². The average Bonchev–Trinajstić information content (AvgIpc) is 3.89. The molecule has 8 heteroatoms. The number of carbonyl (C=O) groups is 3.